The van der Waals surface area contributed by atoms with E-state index in [2.05, 4.69) is 5.10 Å². The Balaban J connectivity index is 3.01. The number of nitrogens with zero attached hydrogens (tertiary/aromatic N) is 3. The highest BCUT2D eigenvalue weighted by Gasteiger charge is 2.32. The summed E-state index contributed by atoms with van der Waals surface area (Å²) >= 11 is 6.04. The van der Waals surface area contributed by atoms with Gasteiger partial charge < -0.3 is 9.64 Å². The van der Waals surface area contributed by atoms with Gasteiger partial charge in [-0.25, -0.2) is 0 Å². The van der Waals surface area contributed by atoms with Crippen LogP contribution in [0.4, 0.5) is 0 Å². The van der Waals surface area contributed by atoms with Crippen molar-refractivity contribution in [2.24, 2.45) is 0 Å². The quantitative estimate of drug-likeness (QED) is 0.741. The van der Waals surface area contributed by atoms with Crippen LogP contribution in [0.2, 0.25) is 5.02 Å². The minimum atomic E-state index is -0.903. The number of hydrogen-bond acceptors (Lipinski definition) is 4. The van der Waals surface area contributed by atoms with Crippen LogP contribution in [0.15, 0.2) is 6.20 Å². The summed E-state index contributed by atoms with van der Waals surface area (Å²) in [5, 5.41) is 4.50. The SMILES string of the molecule is COC(C)(C)C(=O)c1c(Cl)cnn1CCN(C)C. The molecule has 0 spiro atoms. The molecule has 0 amide bonds. The molecule has 0 aromatic carbocycles. The van der Waals surface area contributed by atoms with E-state index in [-0.39, 0.29) is 5.78 Å². The van der Waals surface area contributed by atoms with E-state index in [4.69, 9.17) is 16.3 Å². The van der Waals surface area contributed by atoms with Crippen LogP contribution in [0.3, 0.4) is 0 Å². The number of ether oxygens (including phenoxy) is 1. The second-order valence-corrected chi connectivity index (χ2v) is 5.32. The summed E-state index contributed by atoms with van der Waals surface area (Å²) in [4.78, 5) is 14.4. The Bertz CT molecular complexity index is 427. The molecule has 0 fully saturated rings. The summed E-state index contributed by atoms with van der Waals surface area (Å²) in [5.41, 5.74) is -0.495. The normalized spacial score (nSPS) is 12.2. The first kappa shape index (κ1) is 15.1. The third-order valence-corrected chi connectivity index (χ3v) is 3.10. The number of hydrogen-bond donors (Lipinski definition) is 0. The molecular formula is C12H20ClN3O2. The zero-order valence-corrected chi connectivity index (χ0v) is 12.3. The van der Waals surface area contributed by atoms with Gasteiger partial charge in [-0.2, -0.15) is 5.10 Å². The molecule has 0 aliphatic rings. The van der Waals surface area contributed by atoms with E-state index in [0.717, 1.165) is 6.54 Å². The minimum Gasteiger partial charge on any atom is -0.371 e. The van der Waals surface area contributed by atoms with Crippen LogP contribution in [-0.4, -0.2) is 53.8 Å². The lowest BCUT2D eigenvalue weighted by atomic mass is 10.0. The molecule has 1 aromatic rings. The lowest BCUT2D eigenvalue weighted by molar-refractivity contribution is 0.0218. The van der Waals surface area contributed by atoms with Gasteiger partial charge in [-0.1, -0.05) is 11.6 Å². The van der Waals surface area contributed by atoms with Crippen LogP contribution in [0.5, 0.6) is 0 Å². The molecule has 1 heterocycles. The fourth-order valence-electron chi connectivity index (χ4n) is 1.43. The van der Waals surface area contributed by atoms with Crippen molar-refractivity contribution in [1.29, 1.82) is 0 Å². The van der Waals surface area contributed by atoms with Crippen LogP contribution in [0, 0.1) is 0 Å². The monoisotopic (exact) mass is 273 g/mol. The Labute approximate surface area is 113 Å². The van der Waals surface area contributed by atoms with E-state index in [1.165, 1.54) is 13.3 Å². The number of Topliss-reactive ketones (excluding diaryl/α,β-unsaturated/α-hetero) is 1. The fraction of sp³-hybridized carbons (Fsp3) is 0.667. The summed E-state index contributed by atoms with van der Waals surface area (Å²) in [6.07, 6.45) is 1.50. The highest BCUT2D eigenvalue weighted by molar-refractivity contribution is 6.34. The smallest absolute Gasteiger partial charge is 0.213 e. The summed E-state index contributed by atoms with van der Waals surface area (Å²) in [6, 6.07) is 0. The molecule has 0 atom stereocenters. The number of ketones is 1. The van der Waals surface area contributed by atoms with Gasteiger partial charge in [0.05, 0.1) is 17.8 Å². The third kappa shape index (κ3) is 3.31. The molecule has 5 nitrogen and oxygen atoms in total. The molecule has 0 saturated heterocycles. The van der Waals surface area contributed by atoms with Gasteiger partial charge in [0.15, 0.2) is 0 Å². The molecule has 0 aliphatic heterocycles. The number of aromatic nitrogens is 2. The standard InChI is InChI=1S/C12H20ClN3O2/c1-12(2,18-5)11(17)10-9(13)8-14-16(10)7-6-15(3)4/h8H,6-7H2,1-5H3. The molecule has 0 bridgehead atoms. The summed E-state index contributed by atoms with van der Waals surface area (Å²) in [7, 11) is 5.43. The molecule has 18 heavy (non-hydrogen) atoms. The highest BCUT2D eigenvalue weighted by Crippen LogP contribution is 2.22. The average Bonchev–Trinajstić information content (AvgIpc) is 2.66. The largest absolute Gasteiger partial charge is 0.371 e. The average molecular weight is 274 g/mol. The third-order valence-electron chi connectivity index (χ3n) is 2.83. The minimum absolute atomic E-state index is 0.161. The van der Waals surface area contributed by atoms with Gasteiger partial charge in [0, 0.05) is 13.7 Å². The van der Waals surface area contributed by atoms with Crippen molar-refractivity contribution in [2.45, 2.75) is 26.0 Å². The van der Waals surface area contributed by atoms with Crippen molar-refractivity contribution >= 4 is 17.4 Å². The first-order chi connectivity index (χ1) is 8.29. The van der Waals surface area contributed by atoms with Crippen molar-refractivity contribution in [2.75, 3.05) is 27.7 Å². The van der Waals surface area contributed by atoms with Gasteiger partial charge in [-0.05, 0) is 27.9 Å². The van der Waals surface area contributed by atoms with Crippen molar-refractivity contribution < 1.29 is 9.53 Å². The lowest BCUT2D eigenvalue weighted by Crippen LogP contribution is -2.36. The van der Waals surface area contributed by atoms with Gasteiger partial charge in [-0.3, -0.25) is 9.48 Å². The number of carbonyl (C=O) groups is 1. The maximum Gasteiger partial charge on any atom is 0.213 e. The van der Waals surface area contributed by atoms with Crippen molar-refractivity contribution in [1.82, 2.24) is 14.7 Å². The van der Waals surface area contributed by atoms with Crippen molar-refractivity contribution in [3.05, 3.63) is 16.9 Å². The first-order valence-corrected chi connectivity index (χ1v) is 6.13. The zero-order valence-electron chi connectivity index (χ0n) is 11.5. The molecule has 1 rings (SSSR count). The number of rotatable bonds is 6. The maximum atomic E-state index is 12.4. The molecule has 0 saturated carbocycles. The second kappa shape index (κ2) is 5.82. The van der Waals surface area contributed by atoms with Crippen LogP contribution in [0.25, 0.3) is 0 Å². The number of carbonyl (C=O) groups excluding carboxylic acids is 1. The van der Waals surface area contributed by atoms with Gasteiger partial charge in [0.25, 0.3) is 0 Å². The fourth-order valence-corrected chi connectivity index (χ4v) is 1.66. The van der Waals surface area contributed by atoms with Crippen LogP contribution in [-0.2, 0) is 11.3 Å². The van der Waals surface area contributed by atoms with E-state index in [1.807, 2.05) is 19.0 Å². The van der Waals surface area contributed by atoms with E-state index in [1.54, 1.807) is 18.5 Å². The number of methoxy groups -OCH3 is 1. The Morgan fingerprint density at radius 3 is 2.67 bits per heavy atom. The van der Waals surface area contributed by atoms with Crippen molar-refractivity contribution in [3.63, 3.8) is 0 Å². The molecule has 102 valence electrons. The maximum absolute atomic E-state index is 12.4. The Kier molecular flexibility index (Phi) is 4.90. The van der Waals surface area contributed by atoms with E-state index in [0.29, 0.717) is 17.3 Å². The van der Waals surface area contributed by atoms with E-state index in [9.17, 15) is 4.79 Å². The molecule has 1 aromatic heterocycles. The molecule has 6 heteroatoms. The predicted molar refractivity (Wildman–Crippen MR) is 71.2 cm³/mol. The first-order valence-electron chi connectivity index (χ1n) is 5.75. The summed E-state index contributed by atoms with van der Waals surface area (Å²) < 4.78 is 6.83. The van der Waals surface area contributed by atoms with Crippen molar-refractivity contribution in [3.8, 4) is 0 Å². The molecule has 0 unspecified atom stereocenters. The summed E-state index contributed by atoms with van der Waals surface area (Å²) in [6.45, 7) is 4.83. The van der Waals surface area contributed by atoms with Gasteiger partial charge in [0.1, 0.15) is 11.3 Å². The predicted octanol–water partition coefficient (Wildman–Crippen LogP) is 1.71. The van der Waals surface area contributed by atoms with Gasteiger partial charge >= 0.3 is 0 Å². The Morgan fingerprint density at radius 2 is 2.17 bits per heavy atom. The Morgan fingerprint density at radius 1 is 1.56 bits per heavy atom. The molecule has 0 N–H and O–H groups in total. The van der Waals surface area contributed by atoms with E-state index < -0.39 is 5.60 Å². The molecule has 0 aliphatic carbocycles. The number of halogens is 1. The Hall–Kier alpha value is -0.910. The van der Waals surface area contributed by atoms with Crippen LogP contribution in [0.1, 0.15) is 24.3 Å². The zero-order chi connectivity index (χ0) is 13.9. The van der Waals surface area contributed by atoms with Crippen LogP contribution < -0.4 is 0 Å². The second-order valence-electron chi connectivity index (χ2n) is 4.91. The lowest BCUT2D eigenvalue weighted by Gasteiger charge is -2.22. The van der Waals surface area contributed by atoms with Gasteiger partial charge in [-0.15, -0.1) is 0 Å². The highest BCUT2D eigenvalue weighted by atomic mass is 35.5. The molecule has 0 radical (unpaired) electrons. The summed E-state index contributed by atoms with van der Waals surface area (Å²) in [5.74, 6) is -0.161. The molecular weight excluding hydrogens is 254 g/mol. The van der Waals surface area contributed by atoms with E-state index >= 15 is 0 Å². The van der Waals surface area contributed by atoms with Crippen LogP contribution >= 0.6 is 11.6 Å². The number of likely N-dealkylation sites (N-methyl/N-ethyl adjacent to an activating group) is 1. The topological polar surface area (TPSA) is 47.4 Å². The van der Waals surface area contributed by atoms with Gasteiger partial charge in [0.2, 0.25) is 5.78 Å².